The molecule has 4 heteroatoms. The largest absolute Gasteiger partial charge is 0.496 e. The van der Waals surface area contributed by atoms with Crippen LogP contribution in [0.1, 0.15) is 22.8 Å². The van der Waals surface area contributed by atoms with Gasteiger partial charge in [0.25, 0.3) is 5.91 Å². The number of nitrogens with one attached hydrogen (secondary N) is 1. The van der Waals surface area contributed by atoms with Crippen LogP contribution in [0.15, 0.2) is 65.3 Å². The van der Waals surface area contributed by atoms with Crippen molar-refractivity contribution in [3.05, 3.63) is 71.3 Å². The molecule has 1 amide bonds. The van der Waals surface area contributed by atoms with Crippen molar-refractivity contribution in [2.24, 2.45) is 5.10 Å². The molecule has 0 bridgehead atoms. The molecule has 2 rings (SSSR count). The lowest BCUT2D eigenvalue weighted by Gasteiger charge is -2.05. The Morgan fingerprint density at radius 2 is 1.77 bits per heavy atom. The second-order valence-corrected chi connectivity index (χ2v) is 4.70. The summed E-state index contributed by atoms with van der Waals surface area (Å²) in [5.74, 6) is 0.216. The molecule has 0 saturated carbocycles. The average Bonchev–Trinajstić information content (AvgIpc) is 2.55. The third-order valence-electron chi connectivity index (χ3n) is 2.98. The molecule has 2 aromatic rings. The molecule has 0 spiro atoms. The predicted molar refractivity (Wildman–Crippen MR) is 89.0 cm³/mol. The van der Waals surface area contributed by atoms with Crippen LogP contribution >= 0.6 is 0 Å². The number of benzene rings is 2. The molecule has 0 aromatic heterocycles. The van der Waals surface area contributed by atoms with Crippen molar-refractivity contribution in [1.29, 1.82) is 0 Å². The van der Waals surface area contributed by atoms with E-state index in [0.717, 1.165) is 11.1 Å². The van der Waals surface area contributed by atoms with Gasteiger partial charge in [-0.05, 0) is 30.2 Å². The second kappa shape index (κ2) is 7.78. The monoisotopic (exact) mass is 294 g/mol. The smallest absolute Gasteiger partial charge is 0.275 e. The number of amides is 1. The summed E-state index contributed by atoms with van der Waals surface area (Å²) >= 11 is 0. The first-order chi connectivity index (χ1) is 10.7. The molecular formula is C18H18N2O2. The second-order valence-electron chi connectivity index (χ2n) is 4.70. The summed E-state index contributed by atoms with van der Waals surface area (Å²) in [4.78, 5) is 12.0. The Morgan fingerprint density at radius 3 is 2.50 bits per heavy atom. The minimum atomic E-state index is -0.304. The molecular weight excluding hydrogens is 276 g/mol. The number of hydrazone groups is 1. The quantitative estimate of drug-likeness (QED) is 0.677. The van der Waals surface area contributed by atoms with Crippen LogP contribution in [0.2, 0.25) is 0 Å². The molecule has 0 radical (unpaired) electrons. The summed E-state index contributed by atoms with van der Waals surface area (Å²) in [5.41, 5.74) is 4.97. The number of hydrogen-bond donors (Lipinski definition) is 1. The van der Waals surface area contributed by atoms with E-state index in [0.29, 0.717) is 11.3 Å². The van der Waals surface area contributed by atoms with Crippen molar-refractivity contribution >= 4 is 18.2 Å². The van der Waals surface area contributed by atoms with Crippen LogP contribution in [0.25, 0.3) is 6.08 Å². The number of para-hydroxylation sites is 1. The number of rotatable bonds is 5. The Kier molecular flexibility index (Phi) is 5.49. The van der Waals surface area contributed by atoms with Crippen LogP contribution in [0.5, 0.6) is 5.75 Å². The van der Waals surface area contributed by atoms with Gasteiger partial charge in [0.05, 0.1) is 18.9 Å². The molecule has 112 valence electrons. The maximum atomic E-state index is 12.0. The van der Waals surface area contributed by atoms with Crippen LogP contribution in [0, 0.1) is 0 Å². The third-order valence-corrected chi connectivity index (χ3v) is 2.98. The minimum Gasteiger partial charge on any atom is -0.496 e. The lowest BCUT2D eigenvalue weighted by atomic mass is 10.1. The number of carbonyl (C=O) groups excluding carboxylic acids is 1. The summed E-state index contributed by atoms with van der Waals surface area (Å²) in [6.07, 6.45) is 3.60. The van der Waals surface area contributed by atoms with E-state index in [1.807, 2.05) is 49.4 Å². The fraction of sp³-hybridized carbons (Fsp3) is 0.111. The Hall–Kier alpha value is -2.88. The molecule has 0 fully saturated rings. The first kappa shape index (κ1) is 15.5. The first-order valence-electron chi connectivity index (χ1n) is 6.90. The highest BCUT2D eigenvalue weighted by atomic mass is 16.5. The normalized spacial score (nSPS) is 11.5. The van der Waals surface area contributed by atoms with Crippen molar-refractivity contribution < 1.29 is 9.53 Å². The van der Waals surface area contributed by atoms with Gasteiger partial charge in [0.15, 0.2) is 0 Å². The molecule has 1 N–H and O–H groups in total. The van der Waals surface area contributed by atoms with E-state index >= 15 is 0 Å². The van der Waals surface area contributed by atoms with Gasteiger partial charge in [0.2, 0.25) is 0 Å². The van der Waals surface area contributed by atoms with E-state index in [4.69, 9.17) is 4.74 Å². The molecule has 0 heterocycles. The van der Waals surface area contributed by atoms with Gasteiger partial charge < -0.3 is 4.74 Å². The molecule has 22 heavy (non-hydrogen) atoms. The Balaban J connectivity index is 2.00. The maximum Gasteiger partial charge on any atom is 0.275 e. The average molecular weight is 294 g/mol. The van der Waals surface area contributed by atoms with E-state index in [2.05, 4.69) is 10.5 Å². The van der Waals surface area contributed by atoms with E-state index in [-0.39, 0.29) is 5.91 Å². The zero-order valence-electron chi connectivity index (χ0n) is 12.6. The molecule has 0 aliphatic carbocycles. The highest BCUT2D eigenvalue weighted by molar-refractivity contribution is 5.97. The molecule has 0 atom stereocenters. The van der Waals surface area contributed by atoms with Crippen LogP contribution in [-0.4, -0.2) is 19.2 Å². The fourth-order valence-electron chi connectivity index (χ4n) is 1.93. The third kappa shape index (κ3) is 4.31. The van der Waals surface area contributed by atoms with Crippen LogP contribution < -0.4 is 10.2 Å². The lowest BCUT2D eigenvalue weighted by molar-refractivity contribution is 0.0952. The number of carbonyl (C=O) groups is 1. The zero-order chi connectivity index (χ0) is 15.8. The number of nitrogens with zero attached hydrogens (tertiary/aromatic N) is 1. The van der Waals surface area contributed by atoms with Gasteiger partial charge in [0.1, 0.15) is 5.75 Å². The van der Waals surface area contributed by atoms with Crippen LogP contribution in [-0.2, 0) is 0 Å². The molecule has 0 unspecified atom stereocenters. The van der Waals surface area contributed by atoms with Crippen molar-refractivity contribution in [3.8, 4) is 5.75 Å². The number of ether oxygens (including phenoxy) is 1. The van der Waals surface area contributed by atoms with E-state index in [1.54, 1.807) is 24.4 Å². The van der Waals surface area contributed by atoms with Crippen LogP contribution in [0.4, 0.5) is 0 Å². The topological polar surface area (TPSA) is 50.7 Å². The van der Waals surface area contributed by atoms with E-state index in [9.17, 15) is 4.79 Å². The van der Waals surface area contributed by atoms with Crippen molar-refractivity contribution in [2.75, 3.05) is 7.11 Å². The number of hydrogen-bond acceptors (Lipinski definition) is 3. The molecule has 0 aliphatic heterocycles. The molecule has 0 saturated heterocycles. The van der Waals surface area contributed by atoms with E-state index in [1.165, 1.54) is 7.11 Å². The fourth-order valence-corrected chi connectivity index (χ4v) is 1.93. The Morgan fingerprint density at radius 1 is 1.09 bits per heavy atom. The Bertz CT molecular complexity index is 691. The van der Waals surface area contributed by atoms with Gasteiger partial charge in [-0.3, -0.25) is 4.79 Å². The van der Waals surface area contributed by atoms with Gasteiger partial charge in [-0.1, -0.05) is 48.5 Å². The summed E-state index contributed by atoms with van der Waals surface area (Å²) in [7, 11) is 1.53. The van der Waals surface area contributed by atoms with Gasteiger partial charge >= 0.3 is 0 Å². The lowest BCUT2D eigenvalue weighted by Crippen LogP contribution is -2.18. The summed E-state index contributed by atoms with van der Waals surface area (Å²) < 4.78 is 5.15. The maximum absolute atomic E-state index is 12.0. The summed E-state index contributed by atoms with van der Waals surface area (Å²) in [5, 5.41) is 3.97. The van der Waals surface area contributed by atoms with Crippen molar-refractivity contribution in [3.63, 3.8) is 0 Å². The predicted octanol–water partition coefficient (Wildman–Crippen LogP) is 3.51. The number of methoxy groups -OCH3 is 1. The van der Waals surface area contributed by atoms with Gasteiger partial charge in [0, 0.05) is 0 Å². The van der Waals surface area contributed by atoms with Crippen LogP contribution in [0.3, 0.4) is 0 Å². The zero-order valence-corrected chi connectivity index (χ0v) is 12.6. The van der Waals surface area contributed by atoms with E-state index < -0.39 is 0 Å². The molecule has 2 aromatic carbocycles. The first-order valence-corrected chi connectivity index (χ1v) is 6.90. The molecule has 0 aliphatic rings. The highest BCUT2D eigenvalue weighted by Crippen LogP contribution is 2.16. The van der Waals surface area contributed by atoms with Crippen molar-refractivity contribution in [1.82, 2.24) is 5.43 Å². The SMILES string of the molecule is COc1ccccc1C(=O)N/N=C\C(C)=C\c1ccccc1. The Labute approximate surface area is 130 Å². The van der Waals surface area contributed by atoms with Crippen molar-refractivity contribution in [2.45, 2.75) is 6.92 Å². The summed E-state index contributed by atoms with van der Waals surface area (Å²) in [6.45, 7) is 1.92. The highest BCUT2D eigenvalue weighted by Gasteiger charge is 2.09. The standard InChI is InChI=1S/C18H18N2O2/c1-14(12-15-8-4-3-5-9-15)13-19-20-18(21)16-10-6-7-11-17(16)22-2/h3-13H,1-2H3,(H,20,21)/b14-12+,19-13-. The molecule has 4 nitrogen and oxygen atoms in total. The van der Waals surface area contributed by atoms with Gasteiger partial charge in [-0.15, -0.1) is 0 Å². The number of allylic oxidation sites excluding steroid dienone is 1. The summed E-state index contributed by atoms with van der Waals surface area (Å²) in [6, 6.07) is 16.9. The van der Waals surface area contributed by atoms with Gasteiger partial charge in [-0.2, -0.15) is 5.10 Å². The van der Waals surface area contributed by atoms with Gasteiger partial charge in [-0.25, -0.2) is 5.43 Å². The minimum absolute atomic E-state index is 0.304.